The van der Waals surface area contributed by atoms with Gasteiger partial charge in [0.25, 0.3) is 5.91 Å². The van der Waals surface area contributed by atoms with Crippen molar-refractivity contribution < 1.29 is 28.5 Å². The van der Waals surface area contributed by atoms with E-state index in [2.05, 4.69) is 5.32 Å². The highest BCUT2D eigenvalue weighted by atomic mass is 35.5. The lowest BCUT2D eigenvalue weighted by Crippen LogP contribution is -2.33. The Bertz CT molecular complexity index is 837. The van der Waals surface area contributed by atoms with Crippen molar-refractivity contribution in [1.82, 2.24) is 0 Å². The molecule has 8 heteroatoms. The number of ether oxygens (including phenoxy) is 4. The number of carbonyl (C=O) groups is 2. The molecule has 2 aromatic rings. The number of carbonyl (C=O) groups excluding carboxylic acids is 2. The predicted molar refractivity (Wildman–Crippen MR) is 106 cm³/mol. The Morgan fingerprint density at radius 1 is 1.04 bits per heavy atom. The molecule has 2 aromatic carbocycles. The van der Waals surface area contributed by atoms with Crippen LogP contribution in [-0.4, -0.2) is 39.3 Å². The summed E-state index contributed by atoms with van der Waals surface area (Å²) in [6.07, 6.45) is -0.366. The summed E-state index contributed by atoms with van der Waals surface area (Å²) in [6.45, 7) is 1.82. The maximum absolute atomic E-state index is 12.7. The molecule has 0 saturated carbocycles. The monoisotopic (exact) mass is 407 g/mol. The first-order valence-corrected chi connectivity index (χ1v) is 8.88. The largest absolute Gasteiger partial charge is 0.493 e. The van der Waals surface area contributed by atoms with Crippen LogP contribution >= 0.6 is 11.6 Å². The summed E-state index contributed by atoms with van der Waals surface area (Å²) in [7, 11) is 4.16. The molecule has 1 atom stereocenters. The molecule has 0 radical (unpaired) electrons. The van der Waals surface area contributed by atoms with Gasteiger partial charge in [0.2, 0.25) is 0 Å². The molecule has 150 valence electrons. The molecule has 0 saturated heterocycles. The van der Waals surface area contributed by atoms with E-state index in [1.807, 2.05) is 6.92 Å². The van der Waals surface area contributed by atoms with Crippen molar-refractivity contribution in [3.05, 3.63) is 47.0 Å². The van der Waals surface area contributed by atoms with Crippen LogP contribution < -0.4 is 19.5 Å². The first kappa shape index (κ1) is 21.4. The summed E-state index contributed by atoms with van der Waals surface area (Å²) in [5.74, 6) is 0.159. The zero-order chi connectivity index (χ0) is 20.7. The fraction of sp³-hybridized carbons (Fsp3) is 0.300. The average molecular weight is 408 g/mol. The standard InChI is InChI=1S/C20H22ClNO6/c1-5-16(28-13-8-6-12(21)7-9-13)19(23)22-15-11-18(26-3)17(25-2)10-14(15)20(24)27-4/h6-11,16H,5H2,1-4H3,(H,22,23)/t16-/m0/s1. The van der Waals surface area contributed by atoms with Crippen LogP contribution in [-0.2, 0) is 9.53 Å². The molecule has 0 aliphatic heterocycles. The van der Waals surface area contributed by atoms with Gasteiger partial charge in [-0.2, -0.15) is 0 Å². The average Bonchev–Trinajstić information content (AvgIpc) is 2.72. The molecule has 1 amide bonds. The third kappa shape index (κ3) is 5.07. The Morgan fingerprint density at radius 3 is 2.18 bits per heavy atom. The molecule has 1 N–H and O–H groups in total. The van der Waals surface area contributed by atoms with Gasteiger partial charge in [0.15, 0.2) is 17.6 Å². The number of benzene rings is 2. The van der Waals surface area contributed by atoms with Crippen molar-refractivity contribution in [3.63, 3.8) is 0 Å². The molecule has 0 aromatic heterocycles. The fourth-order valence-corrected chi connectivity index (χ4v) is 2.60. The summed E-state index contributed by atoms with van der Waals surface area (Å²) in [5, 5.41) is 3.28. The number of hydrogen-bond acceptors (Lipinski definition) is 6. The van der Waals surface area contributed by atoms with Crippen LogP contribution in [0.3, 0.4) is 0 Å². The minimum absolute atomic E-state index is 0.134. The van der Waals surface area contributed by atoms with Crippen molar-refractivity contribution in [1.29, 1.82) is 0 Å². The van der Waals surface area contributed by atoms with Crippen LogP contribution in [0.1, 0.15) is 23.7 Å². The lowest BCUT2D eigenvalue weighted by atomic mass is 10.1. The summed E-state index contributed by atoms with van der Waals surface area (Å²) < 4.78 is 21.0. The van der Waals surface area contributed by atoms with Gasteiger partial charge in [-0.05, 0) is 30.7 Å². The molecule has 0 bridgehead atoms. The number of anilines is 1. The molecule has 28 heavy (non-hydrogen) atoms. The van der Waals surface area contributed by atoms with E-state index in [0.717, 1.165) is 0 Å². The minimum Gasteiger partial charge on any atom is -0.493 e. The van der Waals surface area contributed by atoms with Gasteiger partial charge in [0.1, 0.15) is 5.75 Å². The summed E-state index contributed by atoms with van der Waals surface area (Å²) in [6, 6.07) is 9.64. The van der Waals surface area contributed by atoms with E-state index in [0.29, 0.717) is 28.7 Å². The van der Waals surface area contributed by atoms with Crippen LogP contribution in [0.2, 0.25) is 5.02 Å². The molecule has 0 fully saturated rings. The van der Waals surface area contributed by atoms with E-state index in [1.54, 1.807) is 24.3 Å². The maximum Gasteiger partial charge on any atom is 0.340 e. The number of nitrogens with one attached hydrogen (secondary N) is 1. The van der Waals surface area contributed by atoms with Gasteiger partial charge < -0.3 is 24.3 Å². The van der Waals surface area contributed by atoms with E-state index < -0.39 is 18.0 Å². The number of methoxy groups -OCH3 is 3. The number of hydrogen-bond donors (Lipinski definition) is 1. The highest BCUT2D eigenvalue weighted by molar-refractivity contribution is 6.30. The second-order valence-corrected chi connectivity index (χ2v) is 6.14. The molecule has 2 rings (SSSR count). The Morgan fingerprint density at radius 2 is 1.64 bits per heavy atom. The third-order valence-corrected chi connectivity index (χ3v) is 4.19. The first-order valence-electron chi connectivity index (χ1n) is 8.50. The van der Waals surface area contributed by atoms with Gasteiger partial charge in [-0.25, -0.2) is 4.79 Å². The van der Waals surface area contributed by atoms with E-state index in [4.69, 9.17) is 30.5 Å². The minimum atomic E-state index is -0.778. The van der Waals surface area contributed by atoms with E-state index in [1.165, 1.54) is 33.5 Å². The van der Waals surface area contributed by atoms with Gasteiger partial charge >= 0.3 is 5.97 Å². The lowest BCUT2D eigenvalue weighted by Gasteiger charge is -2.19. The van der Waals surface area contributed by atoms with Crippen LogP contribution in [0.5, 0.6) is 17.2 Å². The molecular weight excluding hydrogens is 386 g/mol. The topological polar surface area (TPSA) is 83.1 Å². The summed E-state index contributed by atoms with van der Waals surface area (Å²) in [5.41, 5.74) is 0.363. The highest BCUT2D eigenvalue weighted by Gasteiger charge is 2.23. The van der Waals surface area contributed by atoms with Gasteiger partial charge in [-0.15, -0.1) is 0 Å². The molecular formula is C20H22ClNO6. The number of halogens is 1. The SMILES string of the molecule is CC[C@H](Oc1ccc(Cl)cc1)C(=O)Nc1cc(OC)c(OC)cc1C(=O)OC. The van der Waals surface area contributed by atoms with E-state index in [9.17, 15) is 9.59 Å². The zero-order valence-electron chi connectivity index (χ0n) is 16.1. The highest BCUT2D eigenvalue weighted by Crippen LogP contribution is 2.34. The summed E-state index contributed by atoms with van der Waals surface area (Å²) in [4.78, 5) is 24.9. The second kappa shape index (κ2) is 9.85. The van der Waals surface area contributed by atoms with Crippen molar-refractivity contribution >= 4 is 29.2 Å². The Labute approximate surface area is 168 Å². The number of esters is 1. The lowest BCUT2D eigenvalue weighted by molar-refractivity contribution is -0.122. The van der Waals surface area contributed by atoms with Crippen molar-refractivity contribution in [2.45, 2.75) is 19.4 Å². The molecule has 0 aliphatic rings. The molecule has 0 aliphatic carbocycles. The smallest absolute Gasteiger partial charge is 0.340 e. The molecule has 7 nitrogen and oxygen atoms in total. The van der Waals surface area contributed by atoms with Crippen molar-refractivity contribution in [2.24, 2.45) is 0 Å². The van der Waals surface area contributed by atoms with Crippen LogP contribution in [0, 0.1) is 0 Å². The number of amides is 1. The van der Waals surface area contributed by atoms with Crippen molar-refractivity contribution in [2.75, 3.05) is 26.6 Å². The third-order valence-electron chi connectivity index (χ3n) is 3.94. The zero-order valence-corrected chi connectivity index (χ0v) is 16.8. The molecule has 0 spiro atoms. The fourth-order valence-electron chi connectivity index (χ4n) is 2.47. The Kier molecular flexibility index (Phi) is 7.52. The van der Waals surface area contributed by atoms with Crippen molar-refractivity contribution in [3.8, 4) is 17.2 Å². The Balaban J connectivity index is 2.29. The van der Waals surface area contributed by atoms with Gasteiger partial charge in [0.05, 0.1) is 32.6 Å². The van der Waals surface area contributed by atoms with Gasteiger partial charge in [0, 0.05) is 17.2 Å². The van der Waals surface area contributed by atoms with Gasteiger partial charge in [-0.1, -0.05) is 18.5 Å². The van der Waals surface area contributed by atoms with E-state index >= 15 is 0 Å². The van der Waals surface area contributed by atoms with E-state index in [-0.39, 0.29) is 11.3 Å². The first-order chi connectivity index (χ1) is 13.4. The Hall–Kier alpha value is -2.93. The predicted octanol–water partition coefficient (Wildman–Crippen LogP) is 3.94. The van der Waals surface area contributed by atoms with Crippen LogP contribution in [0.15, 0.2) is 36.4 Å². The van der Waals surface area contributed by atoms with Crippen LogP contribution in [0.25, 0.3) is 0 Å². The number of rotatable bonds is 8. The second-order valence-electron chi connectivity index (χ2n) is 5.70. The van der Waals surface area contributed by atoms with Gasteiger partial charge in [-0.3, -0.25) is 4.79 Å². The maximum atomic E-state index is 12.7. The van der Waals surface area contributed by atoms with Crippen LogP contribution in [0.4, 0.5) is 5.69 Å². The quantitative estimate of drug-likeness (QED) is 0.667. The molecule has 0 unspecified atom stereocenters. The summed E-state index contributed by atoms with van der Waals surface area (Å²) >= 11 is 5.87. The normalized spacial score (nSPS) is 11.3. The molecule has 0 heterocycles.